The van der Waals surface area contributed by atoms with Crippen LogP contribution >= 0.6 is 0 Å². The van der Waals surface area contributed by atoms with Gasteiger partial charge in [0.15, 0.2) is 0 Å². The molecule has 1 aromatic heterocycles. The number of pyridine rings is 1. The molecule has 0 saturated carbocycles. The van der Waals surface area contributed by atoms with E-state index < -0.39 is 5.82 Å². The van der Waals surface area contributed by atoms with E-state index in [1.807, 2.05) is 6.07 Å². The Morgan fingerprint density at radius 1 is 1.32 bits per heavy atom. The third kappa shape index (κ3) is 3.27. The summed E-state index contributed by atoms with van der Waals surface area (Å²) in [5.74, 6) is -0.00806. The van der Waals surface area contributed by atoms with Gasteiger partial charge >= 0.3 is 0 Å². The molecule has 0 saturated heterocycles. The second-order valence-electron chi connectivity index (χ2n) is 3.86. The van der Waals surface area contributed by atoms with E-state index in [-0.39, 0.29) is 13.2 Å². The molecule has 1 aromatic carbocycles. The molecule has 0 spiro atoms. The van der Waals surface area contributed by atoms with E-state index in [0.717, 1.165) is 5.56 Å². The number of rotatable bonds is 4. The summed E-state index contributed by atoms with van der Waals surface area (Å²) in [6.45, 7) is -0.0806. The summed E-state index contributed by atoms with van der Waals surface area (Å²) >= 11 is 0. The van der Waals surface area contributed by atoms with Gasteiger partial charge < -0.3 is 9.84 Å². The van der Waals surface area contributed by atoms with Crippen molar-refractivity contribution in [3.8, 4) is 11.8 Å². The quantitative estimate of drug-likeness (QED) is 0.912. The number of nitrogens with zero attached hydrogens (tertiary/aromatic N) is 2. The third-order valence-corrected chi connectivity index (χ3v) is 2.53. The molecule has 5 heteroatoms. The highest BCUT2D eigenvalue weighted by molar-refractivity contribution is 5.34. The van der Waals surface area contributed by atoms with Crippen LogP contribution in [0.25, 0.3) is 0 Å². The molecule has 1 N–H and O–H groups in total. The lowest BCUT2D eigenvalue weighted by Crippen LogP contribution is -2.00. The zero-order valence-corrected chi connectivity index (χ0v) is 10.0. The van der Waals surface area contributed by atoms with Crippen LogP contribution in [0.1, 0.15) is 16.8 Å². The minimum atomic E-state index is -0.424. The van der Waals surface area contributed by atoms with Crippen LogP contribution in [0.15, 0.2) is 36.5 Å². The smallest absolute Gasteiger partial charge is 0.140 e. The Hall–Kier alpha value is -2.45. The molecule has 19 heavy (non-hydrogen) atoms. The first kappa shape index (κ1) is 13.0. The van der Waals surface area contributed by atoms with Crippen molar-refractivity contribution in [1.29, 1.82) is 5.26 Å². The largest absolute Gasteiger partial charge is 0.489 e. The van der Waals surface area contributed by atoms with Gasteiger partial charge in [-0.1, -0.05) is 0 Å². The molecule has 0 bridgehead atoms. The van der Waals surface area contributed by atoms with Crippen LogP contribution in [-0.2, 0) is 13.2 Å². The van der Waals surface area contributed by atoms with Gasteiger partial charge in [0.05, 0.1) is 6.61 Å². The fourth-order valence-electron chi connectivity index (χ4n) is 1.60. The summed E-state index contributed by atoms with van der Waals surface area (Å²) in [6, 6.07) is 9.23. The second-order valence-corrected chi connectivity index (χ2v) is 3.86. The number of aliphatic hydroxyl groups is 1. The summed E-state index contributed by atoms with van der Waals surface area (Å²) in [7, 11) is 0. The van der Waals surface area contributed by atoms with E-state index in [0.29, 0.717) is 17.0 Å². The Bertz CT molecular complexity index is 623. The Morgan fingerprint density at radius 3 is 2.89 bits per heavy atom. The fourth-order valence-corrected chi connectivity index (χ4v) is 1.60. The molecule has 2 aromatic rings. The van der Waals surface area contributed by atoms with E-state index in [1.165, 1.54) is 24.4 Å². The summed E-state index contributed by atoms with van der Waals surface area (Å²) < 4.78 is 18.5. The van der Waals surface area contributed by atoms with Crippen LogP contribution in [0, 0.1) is 17.1 Å². The molecule has 0 radical (unpaired) electrons. The van der Waals surface area contributed by atoms with Crippen LogP contribution in [0.3, 0.4) is 0 Å². The highest BCUT2D eigenvalue weighted by Gasteiger charge is 2.05. The zero-order chi connectivity index (χ0) is 13.7. The topological polar surface area (TPSA) is 66.1 Å². The number of hydrogen-bond acceptors (Lipinski definition) is 4. The molecule has 0 unspecified atom stereocenters. The molecule has 96 valence electrons. The van der Waals surface area contributed by atoms with Crippen molar-refractivity contribution in [2.75, 3.05) is 0 Å². The number of ether oxygens (including phenoxy) is 1. The van der Waals surface area contributed by atoms with Gasteiger partial charge in [-0.25, -0.2) is 9.37 Å². The lowest BCUT2D eigenvalue weighted by molar-refractivity contribution is 0.258. The van der Waals surface area contributed by atoms with Gasteiger partial charge in [-0.15, -0.1) is 0 Å². The maximum absolute atomic E-state index is 13.0. The molecule has 2 rings (SSSR count). The van der Waals surface area contributed by atoms with Crippen LogP contribution in [0.2, 0.25) is 0 Å². The number of hydrogen-bond donors (Lipinski definition) is 1. The van der Waals surface area contributed by atoms with Gasteiger partial charge in [-0.3, -0.25) is 0 Å². The Morgan fingerprint density at radius 2 is 2.16 bits per heavy atom. The Kier molecular flexibility index (Phi) is 4.06. The molecule has 4 nitrogen and oxygen atoms in total. The normalized spacial score (nSPS) is 9.95. The average molecular weight is 258 g/mol. The van der Waals surface area contributed by atoms with E-state index in [4.69, 9.17) is 15.1 Å². The number of aliphatic hydroxyl groups excluding tert-OH is 1. The van der Waals surface area contributed by atoms with Gasteiger partial charge in [-0.05, 0) is 35.9 Å². The SMILES string of the molecule is N#Cc1cc(COc2ccc(F)cc2CO)ccn1. The summed E-state index contributed by atoms with van der Waals surface area (Å²) in [5, 5.41) is 17.9. The monoisotopic (exact) mass is 258 g/mol. The van der Waals surface area contributed by atoms with Crippen molar-refractivity contribution >= 4 is 0 Å². The van der Waals surface area contributed by atoms with Crippen molar-refractivity contribution in [1.82, 2.24) is 4.98 Å². The maximum Gasteiger partial charge on any atom is 0.140 e. The molecular weight excluding hydrogens is 247 g/mol. The van der Waals surface area contributed by atoms with Gasteiger partial charge in [0, 0.05) is 11.8 Å². The van der Waals surface area contributed by atoms with E-state index in [1.54, 1.807) is 12.1 Å². The average Bonchev–Trinajstić information content (AvgIpc) is 2.46. The molecule has 0 aliphatic rings. The highest BCUT2D eigenvalue weighted by atomic mass is 19.1. The molecular formula is C14H11FN2O2. The van der Waals surface area contributed by atoms with Gasteiger partial charge in [0.25, 0.3) is 0 Å². The van der Waals surface area contributed by atoms with Gasteiger partial charge in [-0.2, -0.15) is 5.26 Å². The summed E-state index contributed by atoms with van der Waals surface area (Å²) in [6.07, 6.45) is 1.52. The minimum absolute atomic E-state index is 0.218. The predicted molar refractivity (Wildman–Crippen MR) is 65.6 cm³/mol. The number of halogens is 1. The number of aromatic nitrogens is 1. The number of nitriles is 1. The molecule has 0 aliphatic heterocycles. The van der Waals surface area contributed by atoms with Gasteiger partial charge in [0.1, 0.15) is 29.9 Å². The van der Waals surface area contributed by atoms with E-state index >= 15 is 0 Å². The molecule has 0 amide bonds. The van der Waals surface area contributed by atoms with Crippen molar-refractivity contribution < 1.29 is 14.2 Å². The lowest BCUT2D eigenvalue weighted by atomic mass is 10.2. The van der Waals surface area contributed by atoms with Crippen molar-refractivity contribution in [2.24, 2.45) is 0 Å². The van der Waals surface area contributed by atoms with Crippen molar-refractivity contribution in [3.05, 3.63) is 59.2 Å². The van der Waals surface area contributed by atoms with Crippen molar-refractivity contribution in [2.45, 2.75) is 13.2 Å². The Labute approximate surface area is 109 Å². The summed E-state index contributed by atoms with van der Waals surface area (Å²) in [4.78, 5) is 3.85. The van der Waals surface area contributed by atoms with Crippen molar-refractivity contribution in [3.63, 3.8) is 0 Å². The number of benzene rings is 1. The lowest BCUT2D eigenvalue weighted by Gasteiger charge is -2.10. The highest BCUT2D eigenvalue weighted by Crippen LogP contribution is 2.21. The van der Waals surface area contributed by atoms with Crippen LogP contribution in [0.5, 0.6) is 5.75 Å². The first-order valence-corrected chi connectivity index (χ1v) is 5.60. The maximum atomic E-state index is 13.0. The molecule has 0 fully saturated rings. The van der Waals surface area contributed by atoms with Crippen LogP contribution in [-0.4, -0.2) is 10.1 Å². The second kappa shape index (κ2) is 5.94. The standard InChI is InChI=1S/C14H11FN2O2/c15-12-1-2-14(11(6-12)8-18)19-9-10-3-4-17-13(5-10)7-16/h1-6,18H,8-9H2. The third-order valence-electron chi connectivity index (χ3n) is 2.53. The molecule has 0 atom stereocenters. The molecule has 0 aliphatic carbocycles. The van der Waals surface area contributed by atoms with E-state index in [9.17, 15) is 4.39 Å². The minimum Gasteiger partial charge on any atom is -0.489 e. The van der Waals surface area contributed by atoms with Crippen LogP contribution in [0.4, 0.5) is 4.39 Å². The first-order chi connectivity index (χ1) is 9.22. The van der Waals surface area contributed by atoms with E-state index in [2.05, 4.69) is 4.98 Å². The van der Waals surface area contributed by atoms with Gasteiger partial charge in [0.2, 0.25) is 0 Å². The molecule has 1 heterocycles. The predicted octanol–water partition coefficient (Wildman–Crippen LogP) is 2.16. The Balaban J connectivity index is 2.12. The summed E-state index contributed by atoms with van der Waals surface area (Å²) in [5.41, 5.74) is 1.47. The fraction of sp³-hybridized carbons (Fsp3) is 0.143. The van der Waals surface area contributed by atoms with Crippen LogP contribution < -0.4 is 4.74 Å². The first-order valence-electron chi connectivity index (χ1n) is 5.60. The zero-order valence-electron chi connectivity index (χ0n) is 10.0.